The zero-order valence-corrected chi connectivity index (χ0v) is 14.9. The van der Waals surface area contributed by atoms with E-state index in [9.17, 15) is 18.0 Å². The Morgan fingerprint density at radius 2 is 1.83 bits per heavy atom. The second kappa shape index (κ2) is 6.63. The van der Waals surface area contributed by atoms with Gasteiger partial charge in [0.05, 0.1) is 10.4 Å². The Labute approximate surface area is 146 Å². The first-order chi connectivity index (χ1) is 11.4. The van der Waals surface area contributed by atoms with Crippen LogP contribution in [-0.4, -0.2) is 60.8 Å². The molecule has 2 aromatic rings. The number of hydrogen-bond acceptors (Lipinski definition) is 6. The number of piperazine rings is 1. The van der Waals surface area contributed by atoms with Crippen molar-refractivity contribution in [1.29, 1.82) is 0 Å². The summed E-state index contributed by atoms with van der Waals surface area (Å²) in [5.41, 5.74) is -0.0370. The van der Waals surface area contributed by atoms with Crippen molar-refractivity contribution < 1.29 is 23.1 Å². The summed E-state index contributed by atoms with van der Waals surface area (Å²) >= 11 is 2.25. The summed E-state index contributed by atoms with van der Waals surface area (Å²) in [6.45, 7) is 1.01. The standard InChI is InChI=1S/C14H14N2O5S3/c17-13(11-2-1-7-22-11)15-3-5-16(6-4-15)24(20,21)12-8-10(9-23-12)14(18)19/h1-2,7-9H,3-6H2,(H,18,19). The normalized spacial score (nSPS) is 16.2. The fraction of sp³-hybridized carbons (Fsp3) is 0.286. The number of carboxylic acids is 1. The molecule has 1 aliphatic rings. The lowest BCUT2D eigenvalue weighted by Crippen LogP contribution is -2.50. The Morgan fingerprint density at radius 3 is 2.38 bits per heavy atom. The Morgan fingerprint density at radius 1 is 1.12 bits per heavy atom. The summed E-state index contributed by atoms with van der Waals surface area (Å²) in [6.07, 6.45) is 0. The molecule has 24 heavy (non-hydrogen) atoms. The van der Waals surface area contributed by atoms with Gasteiger partial charge in [-0.1, -0.05) is 6.07 Å². The minimum atomic E-state index is -3.72. The maximum Gasteiger partial charge on any atom is 0.336 e. The fourth-order valence-electron chi connectivity index (χ4n) is 2.38. The van der Waals surface area contributed by atoms with E-state index >= 15 is 0 Å². The molecular weight excluding hydrogens is 372 g/mol. The molecule has 1 amide bonds. The van der Waals surface area contributed by atoms with Crippen molar-refractivity contribution >= 4 is 44.6 Å². The third-order valence-electron chi connectivity index (χ3n) is 3.67. The minimum Gasteiger partial charge on any atom is -0.478 e. The van der Waals surface area contributed by atoms with Gasteiger partial charge >= 0.3 is 5.97 Å². The van der Waals surface area contributed by atoms with E-state index in [1.54, 1.807) is 17.0 Å². The lowest BCUT2D eigenvalue weighted by atomic mass is 10.3. The highest BCUT2D eigenvalue weighted by atomic mass is 32.2. The van der Waals surface area contributed by atoms with Crippen LogP contribution in [0.4, 0.5) is 0 Å². The lowest BCUT2D eigenvalue weighted by Gasteiger charge is -2.33. The lowest BCUT2D eigenvalue weighted by molar-refractivity contribution is 0.0690. The molecule has 0 aromatic carbocycles. The summed E-state index contributed by atoms with van der Waals surface area (Å²) in [4.78, 5) is 25.4. The number of aromatic carboxylic acids is 1. The first-order valence-electron chi connectivity index (χ1n) is 7.04. The van der Waals surface area contributed by atoms with Gasteiger partial charge in [0.1, 0.15) is 4.21 Å². The van der Waals surface area contributed by atoms with Crippen LogP contribution in [0.2, 0.25) is 0 Å². The van der Waals surface area contributed by atoms with Gasteiger partial charge < -0.3 is 10.0 Å². The summed E-state index contributed by atoms with van der Waals surface area (Å²) in [7, 11) is -3.72. The van der Waals surface area contributed by atoms with Crippen LogP contribution in [0.1, 0.15) is 20.0 Å². The van der Waals surface area contributed by atoms with E-state index in [4.69, 9.17) is 5.11 Å². The Kier molecular flexibility index (Phi) is 4.72. The van der Waals surface area contributed by atoms with Crippen LogP contribution in [-0.2, 0) is 10.0 Å². The van der Waals surface area contributed by atoms with Crippen LogP contribution in [0.5, 0.6) is 0 Å². The number of carbonyl (C=O) groups excluding carboxylic acids is 1. The SMILES string of the molecule is O=C(O)c1csc(S(=O)(=O)N2CCN(C(=O)c3cccs3)CC2)c1. The van der Waals surface area contributed by atoms with Gasteiger partial charge in [0.15, 0.2) is 0 Å². The highest BCUT2D eigenvalue weighted by Gasteiger charge is 2.32. The summed E-state index contributed by atoms with van der Waals surface area (Å²) in [6, 6.07) is 4.72. The maximum atomic E-state index is 12.6. The predicted octanol–water partition coefficient (Wildman–Crippen LogP) is 1.65. The second-order valence-electron chi connectivity index (χ2n) is 5.13. The van der Waals surface area contributed by atoms with E-state index in [0.29, 0.717) is 18.0 Å². The second-order valence-corrected chi connectivity index (χ2v) is 9.16. The van der Waals surface area contributed by atoms with Gasteiger partial charge in [-0.05, 0) is 17.5 Å². The number of carbonyl (C=O) groups is 2. The zero-order chi connectivity index (χ0) is 17.3. The Hall–Kier alpha value is -1.75. The van der Waals surface area contributed by atoms with Gasteiger partial charge in [0, 0.05) is 31.6 Å². The van der Waals surface area contributed by atoms with Gasteiger partial charge in [-0.15, -0.1) is 22.7 Å². The van der Waals surface area contributed by atoms with Gasteiger partial charge in [0.25, 0.3) is 15.9 Å². The first kappa shape index (κ1) is 17.1. The average Bonchev–Trinajstić information content (AvgIpc) is 3.26. The van der Waals surface area contributed by atoms with E-state index < -0.39 is 16.0 Å². The van der Waals surface area contributed by atoms with Crippen molar-refractivity contribution in [2.45, 2.75) is 4.21 Å². The third kappa shape index (κ3) is 3.22. The quantitative estimate of drug-likeness (QED) is 0.862. The molecule has 1 saturated heterocycles. The van der Waals surface area contributed by atoms with E-state index in [2.05, 4.69) is 0 Å². The molecule has 0 bridgehead atoms. The fourth-order valence-corrected chi connectivity index (χ4v) is 5.80. The van der Waals surface area contributed by atoms with E-state index in [1.165, 1.54) is 27.1 Å². The van der Waals surface area contributed by atoms with E-state index in [0.717, 1.165) is 11.3 Å². The van der Waals surface area contributed by atoms with Crippen molar-refractivity contribution in [3.8, 4) is 0 Å². The van der Waals surface area contributed by atoms with E-state index in [1.807, 2.05) is 5.38 Å². The molecule has 0 atom stereocenters. The maximum absolute atomic E-state index is 12.6. The number of sulfonamides is 1. The monoisotopic (exact) mass is 386 g/mol. The number of hydrogen-bond donors (Lipinski definition) is 1. The first-order valence-corrected chi connectivity index (χ1v) is 10.2. The molecule has 0 spiro atoms. The molecule has 3 heterocycles. The highest BCUT2D eigenvalue weighted by Crippen LogP contribution is 2.25. The summed E-state index contributed by atoms with van der Waals surface area (Å²) in [5, 5.41) is 12.1. The van der Waals surface area contributed by atoms with Gasteiger partial charge in [-0.25, -0.2) is 13.2 Å². The number of rotatable bonds is 4. The molecular formula is C14H14N2O5S3. The smallest absolute Gasteiger partial charge is 0.336 e. The van der Waals surface area contributed by atoms with Gasteiger partial charge in [0.2, 0.25) is 0 Å². The number of amides is 1. The molecule has 7 nitrogen and oxygen atoms in total. The summed E-state index contributed by atoms with van der Waals surface area (Å²) in [5.74, 6) is -1.25. The molecule has 128 valence electrons. The van der Waals surface area contributed by atoms with E-state index in [-0.39, 0.29) is 28.8 Å². The summed E-state index contributed by atoms with van der Waals surface area (Å²) < 4.78 is 26.4. The topological polar surface area (TPSA) is 95.0 Å². The third-order valence-corrected chi connectivity index (χ3v) is 7.85. The van der Waals surface area contributed by atoms with Crippen molar-refractivity contribution in [1.82, 2.24) is 9.21 Å². The highest BCUT2D eigenvalue weighted by molar-refractivity contribution is 7.91. The molecule has 3 rings (SSSR count). The molecule has 1 fully saturated rings. The average molecular weight is 386 g/mol. The van der Waals surface area contributed by atoms with Crippen molar-refractivity contribution in [3.63, 3.8) is 0 Å². The molecule has 0 radical (unpaired) electrons. The van der Waals surface area contributed by atoms with Crippen LogP contribution in [0.15, 0.2) is 33.2 Å². The largest absolute Gasteiger partial charge is 0.478 e. The molecule has 1 N–H and O–H groups in total. The Balaban J connectivity index is 1.69. The van der Waals surface area contributed by atoms with Crippen molar-refractivity contribution in [3.05, 3.63) is 39.4 Å². The number of nitrogens with zero attached hydrogens (tertiary/aromatic N) is 2. The zero-order valence-electron chi connectivity index (χ0n) is 12.4. The number of carboxylic acid groups (broad SMARTS) is 1. The molecule has 0 saturated carbocycles. The van der Waals surface area contributed by atoms with Crippen molar-refractivity contribution in [2.24, 2.45) is 0 Å². The van der Waals surface area contributed by atoms with Crippen LogP contribution >= 0.6 is 22.7 Å². The molecule has 10 heteroatoms. The van der Waals surface area contributed by atoms with Gasteiger partial charge in [-0.3, -0.25) is 4.79 Å². The van der Waals surface area contributed by atoms with Crippen LogP contribution in [0, 0.1) is 0 Å². The Bertz CT molecular complexity index is 849. The molecule has 2 aromatic heterocycles. The van der Waals surface area contributed by atoms with Crippen molar-refractivity contribution in [2.75, 3.05) is 26.2 Å². The van der Waals surface area contributed by atoms with Crippen LogP contribution < -0.4 is 0 Å². The van der Waals surface area contributed by atoms with Crippen LogP contribution in [0.25, 0.3) is 0 Å². The number of thiophene rings is 2. The molecule has 0 aliphatic carbocycles. The van der Waals surface area contributed by atoms with Crippen LogP contribution in [0.3, 0.4) is 0 Å². The minimum absolute atomic E-state index is 0.0120. The predicted molar refractivity (Wildman–Crippen MR) is 90.3 cm³/mol. The molecule has 0 unspecified atom stereocenters. The van der Waals surface area contributed by atoms with Gasteiger partial charge in [-0.2, -0.15) is 4.31 Å². The molecule has 1 aliphatic heterocycles.